The van der Waals surface area contributed by atoms with Crippen molar-refractivity contribution in [3.63, 3.8) is 0 Å². The van der Waals surface area contributed by atoms with Crippen molar-refractivity contribution in [3.8, 4) is 0 Å². The van der Waals surface area contributed by atoms with Gasteiger partial charge in [0.05, 0.1) is 34.4 Å². The predicted octanol–water partition coefficient (Wildman–Crippen LogP) is 24.9. The fraction of sp³-hybridized carbons (Fsp3) is 0.864. The van der Waals surface area contributed by atoms with E-state index in [1.807, 2.05) is 21.1 Å². The summed E-state index contributed by atoms with van der Waals surface area (Å²) in [6.45, 7) is 4.85. The number of carbonyl (C=O) groups excluding carboxylic acids is 2. The molecule has 0 saturated heterocycles. The third-order valence-corrected chi connectivity index (χ3v) is 17.8. The number of allylic oxidation sites excluding steroid dienone is 8. The van der Waals surface area contributed by atoms with Gasteiger partial charge in [0, 0.05) is 12.8 Å². The van der Waals surface area contributed by atoms with Crippen molar-refractivity contribution in [1.29, 1.82) is 0 Å². The normalized spacial score (nSPS) is 12.9. The topological polar surface area (TPSA) is 108 Å². The van der Waals surface area contributed by atoms with E-state index in [0.29, 0.717) is 17.4 Å². The van der Waals surface area contributed by atoms with Gasteiger partial charge in [-0.05, 0) is 51.4 Å². The number of likely N-dealkylation sites (N-methyl/N-ethyl adjacent to an activating group) is 1. The van der Waals surface area contributed by atoms with E-state index in [0.717, 1.165) is 64.2 Å². The number of hydrogen-bond acceptors (Lipinski definition) is 7. The Morgan fingerprint density at radius 3 is 0.944 bits per heavy atom. The number of nitrogens with zero attached hydrogens (tertiary/aromatic N) is 1. The lowest BCUT2D eigenvalue weighted by Crippen LogP contribution is -2.40. The molecular formula is C81H152NO8+. The molecule has 528 valence electrons. The number of carboxylic acids is 1. The van der Waals surface area contributed by atoms with Crippen molar-refractivity contribution in [2.45, 2.75) is 405 Å². The molecule has 0 aliphatic carbocycles. The van der Waals surface area contributed by atoms with Crippen LogP contribution in [0.2, 0.25) is 0 Å². The minimum Gasteiger partial charge on any atom is -0.477 e. The number of carbonyl (C=O) groups is 3. The van der Waals surface area contributed by atoms with Crippen molar-refractivity contribution >= 4 is 17.9 Å². The van der Waals surface area contributed by atoms with E-state index in [-0.39, 0.29) is 38.2 Å². The van der Waals surface area contributed by atoms with Gasteiger partial charge in [-0.3, -0.25) is 9.59 Å². The Morgan fingerprint density at radius 2 is 0.633 bits per heavy atom. The number of quaternary nitrogens is 1. The Hall–Kier alpha value is -2.75. The van der Waals surface area contributed by atoms with Crippen molar-refractivity contribution in [1.82, 2.24) is 0 Å². The van der Waals surface area contributed by atoms with Crippen molar-refractivity contribution < 1.29 is 42.9 Å². The molecule has 9 nitrogen and oxygen atoms in total. The third-order valence-electron chi connectivity index (χ3n) is 17.8. The number of unbranched alkanes of at least 4 members (excludes halogenated alkanes) is 51. The highest BCUT2D eigenvalue weighted by Crippen LogP contribution is 2.20. The SMILES string of the molecule is CC/C=C\C/C=C\C/C=C\C/C=C\CCCCCCCCCCCCCCCCCCCCCCCCC(=O)OC(COC(=O)CCCCCCCCCCCCCCCCCCCCCCCCCCCCCCCC)COC(OCC[N+](C)(C)C)C(=O)O. The van der Waals surface area contributed by atoms with Crippen LogP contribution in [0.25, 0.3) is 0 Å². The van der Waals surface area contributed by atoms with Crippen LogP contribution < -0.4 is 0 Å². The Bertz CT molecular complexity index is 1620. The molecule has 0 radical (unpaired) electrons. The number of rotatable bonds is 74. The molecular weight excluding hydrogens is 1110 g/mol. The first-order chi connectivity index (χ1) is 44.1. The van der Waals surface area contributed by atoms with Gasteiger partial charge < -0.3 is 28.5 Å². The average Bonchev–Trinajstić information content (AvgIpc) is 3.73. The molecule has 0 heterocycles. The molecule has 0 rings (SSSR count). The summed E-state index contributed by atoms with van der Waals surface area (Å²) in [6.07, 6.45) is 91.2. The molecule has 9 heteroatoms. The smallest absolute Gasteiger partial charge is 0.361 e. The molecule has 0 amide bonds. The molecule has 1 N–H and O–H groups in total. The minimum absolute atomic E-state index is 0.175. The van der Waals surface area contributed by atoms with E-state index in [9.17, 15) is 19.5 Å². The average molecular weight is 1270 g/mol. The Balaban J connectivity index is 3.98. The van der Waals surface area contributed by atoms with Crippen LogP contribution in [0.3, 0.4) is 0 Å². The number of aliphatic carboxylic acids is 1. The van der Waals surface area contributed by atoms with Crippen LogP contribution in [0.4, 0.5) is 0 Å². The number of carboxylic acid groups (broad SMARTS) is 1. The van der Waals surface area contributed by atoms with Gasteiger partial charge in [-0.2, -0.15) is 0 Å². The van der Waals surface area contributed by atoms with Crippen LogP contribution in [-0.2, 0) is 33.3 Å². The van der Waals surface area contributed by atoms with Crippen molar-refractivity contribution in [3.05, 3.63) is 48.6 Å². The first kappa shape index (κ1) is 87.2. The van der Waals surface area contributed by atoms with Crippen molar-refractivity contribution in [2.24, 2.45) is 0 Å². The summed E-state index contributed by atoms with van der Waals surface area (Å²) in [5.41, 5.74) is 0. The van der Waals surface area contributed by atoms with Gasteiger partial charge in [0.2, 0.25) is 0 Å². The maximum atomic E-state index is 13.0. The lowest BCUT2D eigenvalue weighted by molar-refractivity contribution is -0.870. The number of hydrogen-bond donors (Lipinski definition) is 1. The molecule has 0 aliphatic rings. The molecule has 0 aromatic carbocycles. The second kappa shape index (κ2) is 72.1. The molecule has 0 spiro atoms. The zero-order valence-electron chi connectivity index (χ0n) is 60.6. The largest absolute Gasteiger partial charge is 0.477 e. The highest BCUT2D eigenvalue weighted by atomic mass is 16.7. The number of ether oxygens (including phenoxy) is 4. The lowest BCUT2D eigenvalue weighted by atomic mass is 10.0. The second-order valence-electron chi connectivity index (χ2n) is 28.0. The Labute approximate surface area is 559 Å². The predicted molar refractivity (Wildman–Crippen MR) is 387 cm³/mol. The van der Waals surface area contributed by atoms with E-state index >= 15 is 0 Å². The summed E-state index contributed by atoms with van der Waals surface area (Å²) in [4.78, 5) is 37.7. The summed E-state index contributed by atoms with van der Waals surface area (Å²) < 4.78 is 23.1. The Morgan fingerprint density at radius 1 is 0.344 bits per heavy atom. The first-order valence-corrected chi connectivity index (χ1v) is 39.3. The van der Waals surface area contributed by atoms with Crippen LogP contribution in [0.1, 0.15) is 393 Å². The van der Waals surface area contributed by atoms with Crippen LogP contribution in [0, 0.1) is 0 Å². The van der Waals surface area contributed by atoms with E-state index in [1.54, 1.807) is 0 Å². The van der Waals surface area contributed by atoms with Crippen molar-refractivity contribution in [2.75, 3.05) is 47.5 Å². The van der Waals surface area contributed by atoms with Gasteiger partial charge >= 0.3 is 17.9 Å². The summed E-state index contributed by atoms with van der Waals surface area (Å²) in [5.74, 6) is -1.97. The standard InChI is InChI=1S/C81H151NO8/c1-6-8-10-12-14-16-18-20-22-24-26-28-30-32-34-36-38-39-40-41-42-44-46-48-50-52-54-56-58-60-62-64-66-68-70-72-79(84)90-77(76-89-81(80(85)86)87-74-73-82(3,4)5)75-88-78(83)71-69-67-65-63-61-59-57-55-53-51-49-47-45-43-37-35-33-31-29-27-25-23-21-19-17-15-13-11-9-7-2/h8,10,14,16,20,22,26,28,77,81H,6-7,9,11-13,15,17-19,21,23-25,27,29-76H2,1-5H3/p+1/b10-8-,16-14-,22-20-,28-26-. The molecule has 0 aliphatic heterocycles. The summed E-state index contributed by atoms with van der Waals surface area (Å²) >= 11 is 0. The molecule has 90 heavy (non-hydrogen) atoms. The van der Waals surface area contributed by atoms with E-state index in [2.05, 4.69) is 62.5 Å². The van der Waals surface area contributed by atoms with Gasteiger partial charge in [0.25, 0.3) is 6.29 Å². The van der Waals surface area contributed by atoms with E-state index in [1.165, 1.54) is 302 Å². The molecule has 0 saturated carbocycles. The highest BCUT2D eigenvalue weighted by molar-refractivity contribution is 5.71. The maximum Gasteiger partial charge on any atom is 0.361 e. The summed E-state index contributed by atoms with van der Waals surface area (Å²) in [6, 6.07) is 0. The maximum absolute atomic E-state index is 13.0. The molecule has 0 bridgehead atoms. The van der Waals surface area contributed by atoms with Crippen LogP contribution in [-0.4, -0.2) is 87.4 Å². The van der Waals surface area contributed by atoms with E-state index < -0.39 is 18.4 Å². The summed E-state index contributed by atoms with van der Waals surface area (Å²) in [5, 5.41) is 9.77. The summed E-state index contributed by atoms with van der Waals surface area (Å²) in [7, 11) is 6.00. The quantitative estimate of drug-likeness (QED) is 0.0211. The van der Waals surface area contributed by atoms with Gasteiger partial charge in [0.15, 0.2) is 6.10 Å². The highest BCUT2D eigenvalue weighted by Gasteiger charge is 2.25. The lowest BCUT2D eigenvalue weighted by Gasteiger charge is -2.25. The monoisotopic (exact) mass is 1270 g/mol. The zero-order valence-corrected chi connectivity index (χ0v) is 60.6. The molecule has 0 aromatic heterocycles. The first-order valence-electron chi connectivity index (χ1n) is 39.3. The van der Waals surface area contributed by atoms with Gasteiger partial charge in [-0.1, -0.05) is 377 Å². The molecule has 2 atom stereocenters. The van der Waals surface area contributed by atoms with Crippen LogP contribution >= 0.6 is 0 Å². The van der Waals surface area contributed by atoms with E-state index in [4.69, 9.17) is 18.9 Å². The van der Waals surface area contributed by atoms with Crippen LogP contribution in [0.15, 0.2) is 48.6 Å². The Kier molecular flexibility index (Phi) is 69.9. The molecule has 0 aromatic rings. The van der Waals surface area contributed by atoms with Gasteiger partial charge in [-0.15, -0.1) is 0 Å². The van der Waals surface area contributed by atoms with Gasteiger partial charge in [0.1, 0.15) is 13.2 Å². The molecule has 0 fully saturated rings. The zero-order chi connectivity index (χ0) is 65.4. The molecule has 2 unspecified atom stereocenters. The second-order valence-corrected chi connectivity index (χ2v) is 28.0. The fourth-order valence-corrected chi connectivity index (χ4v) is 11.9. The third kappa shape index (κ3) is 72.7. The minimum atomic E-state index is -1.51. The van der Waals surface area contributed by atoms with Crippen LogP contribution in [0.5, 0.6) is 0 Å². The van der Waals surface area contributed by atoms with Gasteiger partial charge in [-0.25, -0.2) is 4.79 Å². The number of esters is 2. The fourth-order valence-electron chi connectivity index (χ4n) is 11.9.